The Bertz CT molecular complexity index is 213. The second kappa shape index (κ2) is 6.69. The zero-order valence-electron chi connectivity index (χ0n) is 11.7. The molecule has 1 saturated heterocycles. The first kappa shape index (κ1) is 14.9. The smallest absolute Gasteiger partial charge is 0.0753 e. The summed E-state index contributed by atoms with van der Waals surface area (Å²) in [6.45, 7) is 6.68. The Labute approximate surface area is 106 Å². The molecular formula is C13H29N3O. The highest BCUT2D eigenvalue weighted by Gasteiger charge is 2.21. The van der Waals surface area contributed by atoms with Gasteiger partial charge in [-0.1, -0.05) is 0 Å². The Kier molecular flexibility index (Phi) is 5.86. The maximum atomic E-state index is 9.85. The highest BCUT2D eigenvalue weighted by Crippen LogP contribution is 2.17. The van der Waals surface area contributed by atoms with E-state index in [4.69, 9.17) is 5.73 Å². The van der Waals surface area contributed by atoms with E-state index in [1.165, 1.54) is 25.9 Å². The molecule has 1 unspecified atom stereocenters. The fraction of sp³-hybridized carbons (Fsp3) is 1.00. The van der Waals surface area contributed by atoms with E-state index in [0.29, 0.717) is 6.54 Å². The van der Waals surface area contributed by atoms with Crippen LogP contribution in [0.1, 0.15) is 26.2 Å². The lowest BCUT2D eigenvalue weighted by Gasteiger charge is -2.32. The summed E-state index contributed by atoms with van der Waals surface area (Å²) in [6, 6.07) is 0. The van der Waals surface area contributed by atoms with Crippen LogP contribution in [0, 0.1) is 5.92 Å². The van der Waals surface area contributed by atoms with Crippen LogP contribution in [0.25, 0.3) is 0 Å². The van der Waals surface area contributed by atoms with E-state index < -0.39 is 5.60 Å². The molecule has 0 aromatic rings. The first-order valence-corrected chi connectivity index (χ1v) is 6.72. The number of nitrogens with two attached hydrogens (primary N) is 1. The predicted octanol–water partition coefficient (Wildman–Crippen LogP) is 0.360. The van der Waals surface area contributed by atoms with Crippen molar-refractivity contribution in [2.75, 3.05) is 46.8 Å². The van der Waals surface area contributed by atoms with E-state index in [0.717, 1.165) is 25.4 Å². The van der Waals surface area contributed by atoms with Crippen molar-refractivity contribution in [2.24, 2.45) is 11.7 Å². The van der Waals surface area contributed by atoms with Gasteiger partial charge < -0.3 is 20.6 Å². The third-order valence-corrected chi connectivity index (χ3v) is 3.88. The third kappa shape index (κ3) is 5.82. The van der Waals surface area contributed by atoms with Crippen LogP contribution in [-0.2, 0) is 0 Å². The van der Waals surface area contributed by atoms with E-state index in [-0.39, 0.29) is 0 Å². The number of likely N-dealkylation sites (tertiary alicyclic amines) is 1. The molecule has 0 amide bonds. The normalized spacial score (nSPS) is 22.9. The number of nitrogens with zero attached hydrogens (tertiary/aromatic N) is 2. The molecule has 1 aliphatic rings. The molecule has 0 spiro atoms. The lowest BCUT2D eigenvalue weighted by Crippen LogP contribution is -2.40. The summed E-state index contributed by atoms with van der Waals surface area (Å²) >= 11 is 0. The number of rotatable bonds is 6. The summed E-state index contributed by atoms with van der Waals surface area (Å²) in [7, 11) is 4.34. The first-order chi connectivity index (χ1) is 7.93. The van der Waals surface area contributed by atoms with E-state index >= 15 is 0 Å². The van der Waals surface area contributed by atoms with E-state index in [1.54, 1.807) is 0 Å². The SMILES string of the molecule is CN1CCC(CN(C)CCC(C)(O)CN)CC1. The van der Waals surface area contributed by atoms with E-state index in [1.807, 2.05) is 6.92 Å². The molecule has 102 valence electrons. The minimum absolute atomic E-state index is 0.342. The van der Waals surface area contributed by atoms with Crippen molar-refractivity contribution in [3.63, 3.8) is 0 Å². The summed E-state index contributed by atoms with van der Waals surface area (Å²) in [4.78, 5) is 4.73. The lowest BCUT2D eigenvalue weighted by molar-refractivity contribution is 0.0475. The van der Waals surface area contributed by atoms with Crippen molar-refractivity contribution in [3.8, 4) is 0 Å². The van der Waals surface area contributed by atoms with Crippen molar-refractivity contribution in [2.45, 2.75) is 31.8 Å². The highest BCUT2D eigenvalue weighted by atomic mass is 16.3. The van der Waals surface area contributed by atoms with Crippen LogP contribution in [0.2, 0.25) is 0 Å². The molecule has 1 heterocycles. The molecule has 3 N–H and O–H groups in total. The lowest BCUT2D eigenvalue weighted by atomic mass is 9.96. The first-order valence-electron chi connectivity index (χ1n) is 6.72. The van der Waals surface area contributed by atoms with Crippen molar-refractivity contribution < 1.29 is 5.11 Å². The predicted molar refractivity (Wildman–Crippen MR) is 72.0 cm³/mol. The van der Waals surface area contributed by atoms with E-state index in [2.05, 4.69) is 23.9 Å². The standard InChI is InChI=1S/C13H29N3O/c1-13(17,11-14)6-9-16(3)10-12-4-7-15(2)8-5-12/h12,17H,4-11,14H2,1-3H3. The molecule has 1 rings (SSSR count). The van der Waals surface area contributed by atoms with Gasteiger partial charge in [0.2, 0.25) is 0 Å². The van der Waals surface area contributed by atoms with Gasteiger partial charge in [0.15, 0.2) is 0 Å². The molecule has 0 aliphatic carbocycles. The zero-order chi connectivity index (χ0) is 12.9. The largest absolute Gasteiger partial charge is 0.389 e. The average Bonchev–Trinajstić information content (AvgIpc) is 2.30. The van der Waals surface area contributed by atoms with Gasteiger partial charge in [-0.3, -0.25) is 0 Å². The van der Waals surface area contributed by atoms with Gasteiger partial charge in [0.25, 0.3) is 0 Å². The monoisotopic (exact) mass is 243 g/mol. The fourth-order valence-corrected chi connectivity index (χ4v) is 2.31. The van der Waals surface area contributed by atoms with Crippen LogP contribution in [0.5, 0.6) is 0 Å². The topological polar surface area (TPSA) is 52.7 Å². The summed E-state index contributed by atoms with van der Waals surface area (Å²) in [5, 5.41) is 9.85. The van der Waals surface area contributed by atoms with Crippen LogP contribution in [0.4, 0.5) is 0 Å². The number of aliphatic hydroxyl groups is 1. The average molecular weight is 243 g/mol. The minimum atomic E-state index is -0.707. The fourth-order valence-electron chi connectivity index (χ4n) is 2.31. The Hall–Kier alpha value is -0.160. The maximum absolute atomic E-state index is 9.85. The summed E-state index contributed by atoms with van der Waals surface area (Å²) < 4.78 is 0. The van der Waals surface area contributed by atoms with Gasteiger partial charge in [-0.2, -0.15) is 0 Å². The molecule has 1 aliphatic heterocycles. The Morgan fingerprint density at radius 1 is 1.41 bits per heavy atom. The summed E-state index contributed by atoms with van der Waals surface area (Å²) in [6.07, 6.45) is 3.36. The Morgan fingerprint density at radius 3 is 2.53 bits per heavy atom. The van der Waals surface area contributed by atoms with Crippen LogP contribution in [0.15, 0.2) is 0 Å². The van der Waals surface area contributed by atoms with Gasteiger partial charge in [-0.25, -0.2) is 0 Å². The van der Waals surface area contributed by atoms with Gasteiger partial charge in [0, 0.05) is 19.6 Å². The Balaban J connectivity index is 2.18. The van der Waals surface area contributed by atoms with Crippen molar-refractivity contribution in [1.29, 1.82) is 0 Å². The number of piperidine rings is 1. The van der Waals surface area contributed by atoms with Gasteiger partial charge in [0.1, 0.15) is 0 Å². The van der Waals surface area contributed by atoms with E-state index in [9.17, 15) is 5.11 Å². The minimum Gasteiger partial charge on any atom is -0.389 e. The van der Waals surface area contributed by atoms with Crippen LogP contribution in [0.3, 0.4) is 0 Å². The molecule has 17 heavy (non-hydrogen) atoms. The van der Waals surface area contributed by atoms with Crippen molar-refractivity contribution >= 4 is 0 Å². The molecule has 0 saturated carbocycles. The van der Waals surface area contributed by atoms with Crippen molar-refractivity contribution in [3.05, 3.63) is 0 Å². The second-order valence-corrected chi connectivity index (χ2v) is 5.96. The number of hydrogen-bond acceptors (Lipinski definition) is 4. The maximum Gasteiger partial charge on any atom is 0.0753 e. The molecule has 0 aromatic carbocycles. The summed E-state index contributed by atoms with van der Waals surface area (Å²) in [5.41, 5.74) is 4.81. The molecule has 0 aromatic heterocycles. The third-order valence-electron chi connectivity index (χ3n) is 3.88. The molecule has 0 bridgehead atoms. The second-order valence-electron chi connectivity index (χ2n) is 5.96. The molecule has 4 nitrogen and oxygen atoms in total. The molecule has 1 fully saturated rings. The highest BCUT2D eigenvalue weighted by molar-refractivity contribution is 4.77. The van der Waals surface area contributed by atoms with Gasteiger partial charge in [-0.05, 0) is 59.3 Å². The molecule has 0 radical (unpaired) electrons. The Morgan fingerprint density at radius 2 is 2.00 bits per heavy atom. The van der Waals surface area contributed by atoms with Crippen molar-refractivity contribution in [1.82, 2.24) is 9.80 Å². The molecule has 4 heteroatoms. The zero-order valence-corrected chi connectivity index (χ0v) is 11.7. The van der Waals surface area contributed by atoms with Crippen LogP contribution < -0.4 is 5.73 Å². The molecular weight excluding hydrogens is 214 g/mol. The molecule has 1 atom stereocenters. The van der Waals surface area contributed by atoms with Crippen LogP contribution in [-0.4, -0.2) is 67.3 Å². The number of hydrogen-bond donors (Lipinski definition) is 2. The van der Waals surface area contributed by atoms with Crippen LogP contribution >= 0.6 is 0 Å². The summed E-state index contributed by atoms with van der Waals surface area (Å²) in [5.74, 6) is 0.819. The van der Waals surface area contributed by atoms with Gasteiger partial charge in [0.05, 0.1) is 5.60 Å². The quantitative estimate of drug-likeness (QED) is 0.707. The van der Waals surface area contributed by atoms with Gasteiger partial charge >= 0.3 is 0 Å². The van der Waals surface area contributed by atoms with Gasteiger partial charge in [-0.15, -0.1) is 0 Å².